The van der Waals surface area contributed by atoms with Crippen molar-refractivity contribution < 1.29 is 13.2 Å². The average molecular weight is 315 g/mol. The molecule has 0 aliphatic carbocycles. The quantitative estimate of drug-likeness (QED) is 0.751. The van der Waals surface area contributed by atoms with Gasteiger partial charge >= 0.3 is 0 Å². The van der Waals surface area contributed by atoms with E-state index >= 15 is 0 Å². The molecule has 1 aliphatic rings. The number of hydrogen-bond donors (Lipinski definition) is 3. The molecule has 0 unspecified atom stereocenters. The van der Waals surface area contributed by atoms with Gasteiger partial charge in [-0.2, -0.15) is 0 Å². The number of amides is 1. The lowest BCUT2D eigenvalue weighted by atomic mass is 10.1. The van der Waals surface area contributed by atoms with E-state index in [9.17, 15) is 13.2 Å². The molecule has 22 heavy (non-hydrogen) atoms. The largest absolute Gasteiger partial charge is 0.361 e. The second-order valence-electron chi connectivity index (χ2n) is 4.77. The van der Waals surface area contributed by atoms with Crippen molar-refractivity contribution in [3.63, 3.8) is 0 Å². The molecule has 0 fully saturated rings. The van der Waals surface area contributed by atoms with Crippen LogP contribution in [0.15, 0.2) is 59.6 Å². The van der Waals surface area contributed by atoms with Crippen LogP contribution in [0.4, 0.5) is 11.4 Å². The summed E-state index contributed by atoms with van der Waals surface area (Å²) in [5.74, 6) is -0.185. The van der Waals surface area contributed by atoms with E-state index in [1.165, 1.54) is 12.1 Å². The molecular weight excluding hydrogens is 302 g/mol. The van der Waals surface area contributed by atoms with Crippen molar-refractivity contribution in [2.45, 2.75) is 4.90 Å². The Bertz CT molecular complexity index is 871. The summed E-state index contributed by atoms with van der Waals surface area (Å²) in [5.41, 5.74) is 2.76. The minimum Gasteiger partial charge on any atom is -0.361 e. The summed E-state index contributed by atoms with van der Waals surface area (Å²) in [4.78, 5) is 12.0. The highest BCUT2D eigenvalue weighted by Crippen LogP contribution is 2.31. The van der Waals surface area contributed by atoms with Crippen molar-refractivity contribution in [2.75, 3.05) is 10.6 Å². The maximum atomic E-state index is 11.9. The lowest BCUT2D eigenvalue weighted by molar-refractivity contribution is -0.110. The van der Waals surface area contributed by atoms with E-state index in [1.807, 2.05) is 24.3 Å². The number of benzene rings is 2. The van der Waals surface area contributed by atoms with Crippen LogP contribution in [0, 0.1) is 0 Å². The summed E-state index contributed by atoms with van der Waals surface area (Å²) >= 11 is 0. The Morgan fingerprint density at radius 1 is 1.05 bits per heavy atom. The van der Waals surface area contributed by atoms with Crippen molar-refractivity contribution >= 4 is 32.9 Å². The predicted molar refractivity (Wildman–Crippen MR) is 84.5 cm³/mol. The SMILES string of the molecule is NS(=O)(=O)c1ccc(N/C=C2\C(=O)Nc3ccccc32)cc1. The van der Waals surface area contributed by atoms with Gasteiger partial charge in [0.25, 0.3) is 5.91 Å². The summed E-state index contributed by atoms with van der Waals surface area (Å²) < 4.78 is 22.4. The summed E-state index contributed by atoms with van der Waals surface area (Å²) in [5, 5.41) is 10.8. The molecule has 6 nitrogen and oxygen atoms in total. The van der Waals surface area contributed by atoms with Gasteiger partial charge in [-0.1, -0.05) is 18.2 Å². The molecule has 1 aliphatic heterocycles. The summed E-state index contributed by atoms with van der Waals surface area (Å²) in [6.07, 6.45) is 1.59. The van der Waals surface area contributed by atoms with E-state index in [2.05, 4.69) is 10.6 Å². The normalized spacial score (nSPS) is 15.5. The van der Waals surface area contributed by atoms with Gasteiger partial charge in [0.2, 0.25) is 10.0 Å². The third-order valence-corrected chi connectivity index (χ3v) is 4.21. The number of para-hydroxylation sites is 1. The first-order chi connectivity index (χ1) is 10.4. The molecular formula is C15H13N3O3S. The molecule has 7 heteroatoms. The number of hydrogen-bond acceptors (Lipinski definition) is 4. The lowest BCUT2D eigenvalue weighted by Gasteiger charge is -2.04. The Balaban J connectivity index is 1.84. The van der Waals surface area contributed by atoms with Crippen LogP contribution < -0.4 is 15.8 Å². The van der Waals surface area contributed by atoms with Crippen LogP contribution in [0.25, 0.3) is 5.57 Å². The molecule has 1 amide bonds. The zero-order valence-electron chi connectivity index (χ0n) is 11.4. The maximum absolute atomic E-state index is 11.9. The fourth-order valence-electron chi connectivity index (χ4n) is 2.18. The van der Waals surface area contributed by atoms with E-state index in [-0.39, 0.29) is 10.8 Å². The zero-order valence-corrected chi connectivity index (χ0v) is 12.2. The van der Waals surface area contributed by atoms with E-state index in [4.69, 9.17) is 5.14 Å². The smallest absolute Gasteiger partial charge is 0.257 e. The molecule has 112 valence electrons. The van der Waals surface area contributed by atoms with Crippen LogP contribution in [-0.2, 0) is 14.8 Å². The first-order valence-corrected chi connectivity index (χ1v) is 8.00. The highest BCUT2D eigenvalue weighted by atomic mass is 32.2. The number of sulfonamides is 1. The van der Waals surface area contributed by atoms with Crippen molar-refractivity contribution in [1.29, 1.82) is 0 Å². The first kappa shape index (κ1) is 14.3. The Morgan fingerprint density at radius 3 is 2.41 bits per heavy atom. The lowest BCUT2D eigenvalue weighted by Crippen LogP contribution is -2.11. The van der Waals surface area contributed by atoms with E-state index in [1.54, 1.807) is 18.3 Å². The summed E-state index contributed by atoms with van der Waals surface area (Å²) in [6.45, 7) is 0. The van der Waals surface area contributed by atoms with Crippen molar-refractivity contribution in [3.8, 4) is 0 Å². The standard InChI is InChI=1S/C15H13N3O3S/c16-22(20,21)11-7-5-10(6-8-11)17-9-13-12-3-1-2-4-14(12)18-15(13)19/h1-9,17H,(H,18,19)(H2,16,20,21)/b13-9-. The molecule has 3 rings (SSSR count). The zero-order chi connectivity index (χ0) is 15.7. The average Bonchev–Trinajstić information content (AvgIpc) is 2.80. The molecule has 0 saturated heterocycles. The molecule has 0 radical (unpaired) electrons. The summed E-state index contributed by atoms with van der Waals surface area (Å²) in [6, 6.07) is 13.3. The number of carbonyl (C=O) groups is 1. The Labute approximate surface area is 127 Å². The predicted octanol–water partition coefficient (Wildman–Crippen LogP) is 1.74. The molecule has 4 N–H and O–H groups in total. The van der Waals surface area contributed by atoms with Gasteiger partial charge in [-0.3, -0.25) is 4.79 Å². The number of carbonyl (C=O) groups excluding carboxylic acids is 1. The van der Waals surface area contributed by atoms with Gasteiger partial charge in [0, 0.05) is 23.1 Å². The van der Waals surface area contributed by atoms with Crippen LogP contribution in [0.5, 0.6) is 0 Å². The van der Waals surface area contributed by atoms with E-state index in [0.717, 1.165) is 11.3 Å². The minimum atomic E-state index is -3.71. The van der Waals surface area contributed by atoms with Crippen molar-refractivity contribution in [3.05, 3.63) is 60.3 Å². The van der Waals surface area contributed by atoms with Gasteiger partial charge in [0.1, 0.15) is 0 Å². The third kappa shape index (κ3) is 2.72. The number of rotatable bonds is 3. The molecule has 0 bridgehead atoms. The number of nitrogens with two attached hydrogens (primary N) is 1. The Hall–Kier alpha value is -2.64. The maximum Gasteiger partial charge on any atom is 0.257 e. The Morgan fingerprint density at radius 2 is 1.73 bits per heavy atom. The monoisotopic (exact) mass is 315 g/mol. The first-order valence-electron chi connectivity index (χ1n) is 6.45. The molecule has 1 heterocycles. The van der Waals surface area contributed by atoms with Gasteiger partial charge in [-0.15, -0.1) is 0 Å². The van der Waals surface area contributed by atoms with Crippen LogP contribution in [-0.4, -0.2) is 14.3 Å². The fourth-order valence-corrected chi connectivity index (χ4v) is 2.69. The van der Waals surface area contributed by atoms with Gasteiger partial charge in [-0.25, -0.2) is 13.6 Å². The number of fused-ring (bicyclic) bond motifs is 1. The molecule has 2 aromatic carbocycles. The molecule has 0 saturated carbocycles. The van der Waals surface area contributed by atoms with Gasteiger partial charge < -0.3 is 10.6 Å². The van der Waals surface area contributed by atoms with Crippen molar-refractivity contribution in [2.24, 2.45) is 5.14 Å². The topological polar surface area (TPSA) is 101 Å². The minimum absolute atomic E-state index is 0.0367. The molecule has 0 atom stereocenters. The van der Waals surface area contributed by atoms with Crippen LogP contribution >= 0.6 is 0 Å². The van der Waals surface area contributed by atoms with Crippen LogP contribution in [0.2, 0.25) is 0 Å². The number of primary sulfonamides is 1. The molecule has 2 aromatic rings. The molecule has 0 spiro atoms. The van der Waals surface area contributed by atoms with E-state index < -0.39 is 10.0 Å². The van der Waals surface area contributed by atoms with Crippen LogP contribution in [0.3, 0.4) is 0 Å². The number of anilines is 2. The highest BCUT2D eigenvalue weighted by Gasteiger charge is 2.23. The third-order valence-electron chi connectivity index (χ3n) is 3.28. The fraction of sp³-hybridized carbons (Fsp3) is 0. The summed E-state index contributed by atoms with van der Waals surface area (Å²) in [7, 11) is -3.71. The molecule has 0 aromatic heterocycles. The second-order valence-corrected chi connectivity index (χ2v) is 6.33. The highest BCUT2D eigenvalue weighted by molar-refractivity contribution is 7.89. The van der Waals surface area contributed by atoms with Gasteiger partial charge in [0.05, 0.1) is 10.5 Å². The number of nitrogens with one attached hydrogen (secondary N) is 2. The van der Waals surface area contributed by atoms with Crippen molar-refractivity contribution in [1.82, 2.24) is 0 Å². The Kier molecular flexibility index (Phi) is 3.44. The van der Waals surface area contributed by atoms with Crippen LogP contribution in [0.1, 0.15) is 5.56 Å². The van der Waals surface area contributed by atoms with E-state index in [0.29, 0.717) is 11.3 Å². The van der Waals surface area contributed by atoms with Gasteiger partial charge in [-0.05, 0) is 30.3 Å². The van der Waals surface area contributed by atoms with Gasteiger partial charge in [0.15, 0.2) is 0 Å². The second kappa shape index (κ2) is 5.28.